The summed E-state index contributed by atoms with van der Waals surface area (Å²) in [5, 5.41) is 16.7. The molecule has 312 valence electrons. The molecule has 14 nitrogen and oxygen atoms in total. The van der Waals surface area contributed by atoms with E-state index in [2.05, 4.69) is 46.9 Å². The highest BCUT2D eigenvalue weighted by Crippen LogP contribution is 2.55. The lowest BCUT2D eigenvalue weighted by molar-refractivity contribution is -0.384. The zero-order chi connectivity index (χ0) is 41.2. The van der Waals surface area contributed by atoms with Gasteiger partial charge in [0.1, 0.15) is 23.3 Å². The zero-order valence-electron chi connectivity index (χ0n) is 33.2. The minimum atomic E-state index is -2.16. The first-order chi connectivity index (χ1) is 29.2. The predicted octanol–water partition coefficient (Wildman–Crippen LogP) is 8.63. The molecular weight excluding hydrogens is 804 g/mol. The van der Waals surface area contributed by atoms with Crippen molar-refractivity contribution < 1.29 is 23.4 Å². The molecule has 3 N–H and O–H groups in total. The van der Waals surface area contributed by atoms with E-state index >= 15 is 0 Å². The average Bonchev–Trinajstić information content (AvgIpc) is 3.72. The second-order valence-corrected chi connectivity index (χ2v) is 17.9. The van der Waals surface area contributed by atoms with Gasteiger partial charge in [-0.25, -0.2) is 14.2 Å². The van der Waals surface area contributed by atoms with Crippen LogP contribution in [-0.2, 0) is 15.7 Å². The summed E-state index contributed by atoms with van der Waals surface area (Å²) in [4.78, 5) is 42.2. The molecule has 60 heavy (non-hydrogen) atoms. The molecule has 5 aromatic rings. The molecule has 9 rings (SSSR count). The smallest absolute Gasteiger partial charge is 0.293 e. The molecule has 0 bridgehead atoms. The van der Waals surface area contributed by atoms with Crippen LogP contribution in [0.4, 0.5) is 17.1 Å². The van der Waals surface area contributed by atoms with Gasteiger partial charge in [-0.1, -0.05) is 35.7 Å². The third kappa shape index (κ3) is 8.76. The van der Waals surface area contributed by atoms with Crippen molar-refractivity contribution in [3.8, 4) is 11.5 Å². The Hall–Kier alpha value is -5.35. The van der Waals surface area contributed by atoms with Gasteiger partial charge in [0, 0.05) is 68.1 Å². The number of halogens is 1. The first-order valence-corrected chi connectivity index (χ1v) is 22.2. The van der Waals surface area contributed by atoms with E-state index in [-0.39, 0.29) is 33.9 Å². The average molecular weight is 851 g/mol. The molecule has 0 radical (unpaired) electrons. The van der Waals surface area contributed by atoms with Gasteiger partial charge >= 0.3 is 0 Å². The Labute approximate surface area is 355 Å². The van der Waals surface area contributed by atoms with Crippen molar-refractivity contribution in [3.63, 3.8) is 0 Å². The Morgan fingerprint density at radius 1 is 1.02 bits per heavy atom. The number of piperazine rings is 1. The summed E-state index contributed by atoms with van der Waals surface area (Å²) in [6, 6.07) is 17.9. The number of carbonyl (C=O) groups excluding carboxylic acids is 1. The number of carbonyl (C=O) groups is 1. The lowest BCUT2D eigenvalue weighted by Crippen LogP contribution is -2.47. The highest BCUT2D eigenvalue weighted by atomic mass is 35.5. The fourth-order valence-electron chi connectivity index (χ4n) is 8.90. The molecule has 2 atom stereocenters. The van der Waals surface area contributed by atoms with E-state index in [0.29, 0.717) is 29.8 Å². The summed E-state index contributed by atoms with van der Waals surface area (Å²) in [5.74, 6) is -0.219. The molecule has 1 spiro atoms. The summed E-state index contributed by atoms with van der Waals surface area (Å²) in [5.41, 5.74) is 6.11. The number of allylic oxidation sites excluding steroid dienone is 1. The fraction of sp³-hybridized carbons (Fsp3) is 0.386. The van der Waals surface area contributed by atoms with Gasteiger partial charge in [-0.2, -0.15) is 0 Å². The Balaban J connectivity index is 0.919. The van der Waals surface area contributed by atoms with Crippen molar-refractivity contribution in [1.82, 2.24) is 24.6 Å². The van der Waals surface area contributed by atoms with Crippen LogP contribution >= 0.6 is 11.6 Å². The summed E-state index contributed by atoms with van der Waals surface area (Å²) >= 11 is 6.28. The van der Waals surface area contributed by atoms with Crippen LogP contribution in [0, 0.1) is 15.5 Å². The maximum Gasteiger partial charge on any atom is 0.293 e. The Bertz CT molecular complexity index is 2460. The highest BCUT2D eigenvalue weighted by Gasteiger charge is 2.41. The van der Waals surface area contributed by atoms with E-state index in [0.717, 1.165) is 74.5 Å². The summed E-state index contributed by atoms with van der Waals surface area (Å²) in [6.45, 7) is 4.69. The van der Waals surface area contributed by atoms with Gasteiger partial charge in [0.05, 0.1) is 27.9 Å². The predicted molar refractivity (Wildman–Crippen MR) is 232 cm³/mol. The third-order valence-corrected chi connectivity index (χ3v) is 13.7. The largest absolute Gasteiger partial charge is 0.453 e. The second-order valence-electron chi connectivity index (χ2n) is 16.2. The van der Waals surface area contributed by atoms with Crippen LogP contribution < -0.4 is 19.7 Å². The van der Waals surface area contributed by atoms with Gasteiger partial charge < -0.3 is 24.7 Å². The number of nitro benzene ring substituents is 1. The number of anilines is 2. The standard InChI is InChI=1S/C44H47ClN8O6S/c45-32-7-5-29(6-8-32)36-25-44(13-3-14-44)15-11-31(36)28-51-17-19-52(20-18-51)33-23-39(59-34-22-30-12-16-46-42(30)48-27-34)41(47-26-33)43(54)50-60(57)35-9-10-37(38(24-35)53(55)56)49-40-4-1-2-21-58-40/h5-10,12,16,22-24,26-27,40,49H,1-4,11,13-15,17-21,25,28H2,(H,46,48)(H,50,54)/t40-,60?/m1/s1. The molecule has 3 aromatic heterocycles. The number of pyridine rings is 2. The van der Waals surface area contributed by atoms with Crippen LogP contribution in [0.5, 0.6) is 11.5 Å². The molecule has 2 saturated heterocycles. The van der Waals surface area contributed by atoms with E-state index < -0.39 is 21.8 Å². The van der Waals surface area contributed by atoms with Crippen LogP contribution in [-0.4, -0.2) is 80.4 Å². The molecule has 4 aliphatic rings. The van der Waals surface area contributed by atoms with Gasteiger partial charge in [0.15, 0.2) is 22.4 Å². The molecule has 2 aliphatic carbocycles. The van der Waals surface area contributed by atoms with E-state index in [1.165, 1.54) is 60.6 Å². The molecule has 1 saturated carbocycles. The summed E-state index contributed by atoms with van der Waals surface area (Å²) in [7, 11) is -2.16. The Morgan fingerprint density at radius 3 is 2.60 bits per heavy atom. The van der Waals surface area contributed by atoms with Gasteiger partial charge in [-0.05, 0) is 104 Å². The van der Waals surface area contributed by atoms with Crippen molar-refractivity contribution in [2.24, 2.45) is 5.41 Å². The molecule has 2 aromatic carbocycles. The van der Waals surface area contributed by atoms with Crippen LogP contribution in [0.1, 0.15) is 73.8 Å². The van der Waals surface area contributed by atoms with Crippen molar-refractivity contribution in [1.29, 1.82) is 0 Å². The summed E-state index contributed by atoms with van der Waals surface area (Å²) < 4.78 is 28.0. The van der Waals surface area contributed by atoms with E-state index in [9.17, 15) is 19.1 Å². The molecule has 3 fully saturated rings. The topological polar surface area (TPSA) is 168 Å². The number of ether oxygens (including phenoxy) is 2. The molecular formula is C44H47ClN8O6S. The van der Waals surface area contributed by atoms with Crippen molar-refractivity contribution in [3.05, 3.63) is 111 Å². The molecule has 2 aliphatic heterocycles. The molecule has 1 unspecified atom stereocenters. The van der Waals surface area contributed by atoms with Gasteiger partial charge in [0.25, 0.3) is 11.6 Å². The van der Waals surface area contributed by atoms with Crippen LogP contribution in [0.25, 0.3) is 16.6 Å². The van der Waals surface area contributed by atoms with Crippen LogP contribution in [0.15, 0.2) is 89.7 Å². The Kier molecular flexibility index (Phi) is 11.6. The minimum Gasteiger partial charge on any atom is -0.453 e. The quantitative estimate of drug-likeness (QED) is 0.0812. The lowest BCUT2D eigenvalue weighted by Gasteiger charge is -2.47. The molecule has 5 heterocycles. The van der Waals surface area contributed by atoms with Crippen molar-refractivity contribution >= 4 is 62.2 Å². The normalized spacial score (nSPS) is 19.8. The first-order valence-electron chi connectivity index (χ1n) is 20.6. The number of rotatable bonds is 12. The maximum atomic E-state index is 13.8. The number of aromatic amines is 1. The summed E-state index contributed by atoms with van der Waals surface area (Å²) in [6.07, 6.45) is 14.7. The van der Waals surface area contributed by atoms with Crippen molar-refractivity contribution in [2.45, 2.75) is 68.9 Å². The highest BCUT2D eigenvalue weighted by molar-refractivity contribution is 7.83. The van der Waals surface area contributed by atoms with E-state index in [1.807, 2.05) is 24.3 Å². The number of fused-ring (bicyclic) bond motifs is 1. The van der Waals surface area contributed by atoms with Crippen LogP contribution in [0.3, 0.4) is 0 Å². The number of hydrogen-bond acceptors (Lipinski definition) is 11. The SMILES string of the molecule is O=C(NS(=O)c1ccc(N[C@H]2CCCCO2)c([N+](=O)[O-])c1)c1ncc(N2CCN(CC3=C(c4ccc(Cl)cc4)CC4(CCC4)CC3)CC2)cc1Oc1cnc2[nH]ccc2c1. The number of benzene rings is 2. The third-order valence-electron chi connectivity index (χ3n) is 12.4. The van der Waals surface area contributed by atoms with E-state index in [4.69, 9.17) is 21.1 Å². The monoisotopic (exact) mass is 850 g/mol. The van der Waals surface area contributed by atoms with E-state index in [1.54, 1.807) is 24.7 Å². The number of nitrogens with zero attached hydrogens (tertiary/aromatic N) is 5. The first kappa shape index (κ1) is 40.1. The number of aromatic nitrogens is 3. The van der Waals surface area contributed by atoms with Crippen molar-refractivity contribution in [2.75, 3.05) is 49.5 Å². The zero-order valence-corrected chi connectivity index (χ0v) is 34.7. The number of nitrogens with one attached hydrogen (secondary N) is 3. The second kappa shape index (κ2) is 17.3. The molecule has 1 amide bonds. The number of H-pyrrole nitrogens is 1. The maximum absolute atomic E-state index is 13.8. The number of amides is 1. The lowest BCUT2D eigenvalue weighted by atomic mass is 9.59. The number of nitro groups is 1. The van der Waals surface area contributed by atoms with Gasteiger partial charge in [-0.3, -0.25) is 24.5 Å². The van der Waals surface area contributed by atoms with Crippen LogP contribution in [0.2, 0.25) is 5.02 Å². The fourth-order valence-corrected chi connectivity index (χ4v) is 9.82. The van der Waals surface area contributed by atoms with Gasteiger partial charge in [0.2, 0.25) is 0 Å². The minimum absolute atomic E-state index is 0.0519. The number of hydrogen-bond donors (Lipinski definition) is 3. The van der Waals surface area contributed by atoms with Gasteiger partial charge in [-0.15, -0.1) is 0 Å². The Morgan fingerprint density at radius 2 is 1.85 bits per heavy atom. The molecule has 16 heteroatoms.